The number of ether oxygens (including phenoxy) is 1. The number of carbonyl (C=O) groups excluding carboxylic acids is 4. The summed E-state index contributed by atoms with van der Waals surface area (Å²) < 4.78 is 5.05. The molecule has 0 aliphatic carbocycles. The Morgan fingerprint density at radius 1 is 0.900 bits per heavy atom. The molecule has 0 atom stereocenters. The normalized spacial score (nSPS) is 13.9. The molecule has 1 aliphatic rings. The number of hydrogen-bond acceptors (Lipinski definition) is 5. The molecule has 4 amide bonds. The quantitative estimate of drug-likeness (QED) is 0.738. The second-order valence-electron chi connectivity index (χ2n) is 6.91. The summed E-state index contributed by atoms with van der Waals surface area (Å²) in [5, 5.41) is 5.00. The Bertz CT molecular complexity index is 894. The summed E-state index contributed by atoms with van der Waals surface area (Å²) in [6.07, 6.45) is 0.900. The van der Waals surface area contributed by atoms with Gasteiger partial charge in [0.1, 0.15) is 0 Å². The summed E-state index contributed by atoms with van der Waals surface area (Å²) in [5.41, 5.74) is 1.05. The molecule has 1 fully saturated rings. The monoisotopic (exact) mass is 409 g/mol. The molecule has 8 nitrogen and oxygen atoms in total. The van der Waals surface area contributed by atoms with Crippen LogP contribution < -0.4 is 10.6 Å². The van der Waals surface area contributed by atoms with Crippen molar-refractivity contribution in [1.29, 1.82) is 0 Å². The Morgan fingerprint density at radius 2 is 1.50 bits per heavy atom. The SMILES string of the molecule is O=C(COC(=O)C1CCN(C(=O)Nc2ccccc2)CC1)NC(=O)c1ccccc1. The fraction of sp³-hybridized carbons (Fsp3) is 0.273. The molecule has 8 heteroatoms. The van der Waals surface area contributed by atoms with Crippen LogP contribution in [0.5, 0.6) is 0 Å². The van der Waals surface area contributed by atoms with Gasteiger partial charge in [-0.2, -0.15) is 0 Å². The molecule has 0 bridgehead atoms. The summed E-state index contributed by atoms with van der Waals surface area (Å²) in [5.74, 6) is -2.12. The van der Waals surface area contributed by atoms with Crippen molar-refractivity contribution in [2.75, 3.05) is 25.0 Å². The third kappa shape index (κ3) is 5.91. The molecule has 156 valence electrons. The number of nitrogens with zero attached hydrogens (tertiary/aromatic N) is 1. The number of rotatable bonds is 5. The number of anilines is 1. The van der Waals surface area contributed by atoms with E-state index in [2.05, 4.69) is 10.6 Å². The zero-order chi connectivity index (χ0) is 21.3. The number of imide groups is 1. The van der Waals surface area contributed by atoms with Gasteiger partial charge in [0.25, 0.3) is 11.8 Å². The van der Waals surface area contributed by atoms with E-state index in [1.807, 2.05) is 18.2 Å². The number of carbonyl (C=O) groups is 4. The summed E-state index contributed by atoms with van der Waals surface area (Å²) >= 11 is 0. The minimum atomic E-state index is -0.683. The standard InChI is InChI=1S/C22H23N3O5/c26-19(24-20(27)16-7-3-1-4-8-16)15-30-21(28)17-11-13-25(14-12-17)22(29)23-18-9-5-2-6-10-18/h1-10,17H,11-15H2,(H,23,29)(H,24,26,27). The van der Waals surface area contributed by atoms with Gasteiger partial charge in [-0.3, -0.25) is 19.7 Å². The molecule has 3 rings (SSSR count). The molecule has 1 aliphatic heterocycles. The molecule has 1 saturated heterocycles. The molecule has 2 aromatic carbocycles. The Labute approximate surface area is 174 Å². The van der Waals surface area contributed by atoms with Crippen LogP contribution in [0.15, 0.2) is 60.7 Å². The number of esters is 1. The summed E-state index contributed by atoms with van der Waals surface area (Å²) in [4.78, 5) is 49.9. The van der Waals surface area contributed by atoms with Crippen LogP contribution in [0.1, 0.15) is 23.2 Å². The topological polar surface area (TPSA) is 105 Å². The molecule has 0 saturated carbocycles. The van der Waals surface area contributed by atoms with Crippen LogP contribution in [-0.4, -0.2) is 48.4 Å². The Morgan fingerprint density at radius 3 is 2.13 bits per heavy atom. The zero-order valence-corrected chi connectivity index (χ0v) is 16.4. The van der Waals surface area contributed by atoms with Gasteiger partial charge in [-0.05, 0) is 37.1 Å². The molecule has 2 N–H and O–H groups in total. The van der Waals surface area contributed by atoms with E-state index in [0.29, 0.717) is 37.2 Å². The average Bonchev–Trinajstić information content (AvgIpc) is 2.78. The molecule has 0 unspecified atom stereocenters. The van der Waals surface area contributed by atoms with Crippen LogP contribution in [0.25, 0.3) is 0 Å². The highest BCUT2D eigenvalue weighted by Crippen LogP contribution is 2.19. The predicted molar refractivity (Wildman–Crippen MR) is 110 cm³/mol. The highest BCUT2D eigenvalue weighted by atomic mass is 16.5. The van der Waals surface area contributed by atoms with Crippen LogP contribution in [-0.2, 0) is 14.3 Å². The number of piperidine rings is 1. The summed E-state index contributed by atoms with van der Waals surface area (Å²) in [6, 6.07) is 17.2. The predicted octanol–water partition coefficient (Wildman–Crippen LogP) is 2.43. The first-order chi connectivity index (χ1) is 14.5. The number of urea groups is 1. The fourth-order valence-corrected chi connectivity index (χ4v) is 3.12. The molecule has 30 heavy (non-hydrogen) atoms. The van der Waals surface area contributed by atoms with E-state index in [1.54, 1.807) is 47.4 Å². The molecule has 0 spiro atoms. The van der Waals surface area contributed by atoms with Gasteiger partial charge in [0.05, 0.1) is 5.92 Å². The maximum atomic E-state index is 12.3. The molecule has 0 radical (unpaired) electrons. The Hall–Kier alpha value is -3.68. The second-order valence-corrected chi connectivity index (χ2v) is 6.91. The average molecular weight is 409 g/mol. The van der Waals surface area contributed by atoms with Gasteiger partial charge in [-0.25, -0.2) is 4.79 Å². The van der Waals surface area contributed by atoms with Crippen LogP contribution >= 0.6 is 0 Å². The van der Waals surface area contributed by atoms with Crippen molar-refractivity contribution in [1.82, 2.24) is 10.2 Å². The van der Waals surface area contributed by atoms with Crippen molar-refractivity contribution in [2.45, 2.75) is 12.8 Å². The highest BCUT2D eigenvalue weighted by molar-refractivity contribution is 6.05. The van der Waals surface area contributed by atoms with E-state index in [9.17, 15) is 19.2 Å². The summed E-state index contributed by atoms with van der Waals surface area (Å²) in [7, 11) is 0. The van der Waals surface area contributed by atoms with Gasteiger partial charge < -0.3 is 15.0 Å². The number of benzene rings is 2. The third-order valence-electron chi connectivity index (χ3n) is 4.78. The number of para-hydroxylation sites is 1. The largest absolute Gasteiger partial charge is 0.455 e. The van der Waals surface area contributed by atoms with E-state index in [-0.39, 0.29) is 11.9 Å². The van der Waals surface area contributed by atoms with Crippen LogP contribution in [0.3, 0.4) is 0 Å². The lowest BCUT2D eigenvalue weighted by Crippen LogP contribution is -2.43. The second kappa shape index (κ2) is 10.2. The van der Waals surface area contributed by atoms with Crippen molar-refractivity contribution >= 4 is 29.5 Å². The zero-order valence-electron chi connectivity index (χ0n) is 16.4. The highest BCUT2D eigenvalue weighted by Gasteiger charge is 2.29. The van der Waals surface area contributed by atoms with Gasteiger partial charge in [-0.15, -0.1) is 0 Å². The number of hydrogen-bond donors (Lipinski definition) is 2. The van der Waals surface area contributed by atoms with E-state index in [4.69, 9.17) is 4.74 Å². The first kappa shape index (κ1) is 21.0. The minimum Gasteiger partial charge on any atom is -0.455 e. The van der Waals surface area contributed by atoms with Crippen LogP contribution in [0, 0.1) is 5.92 Å². The van der Waals surface area contributed by atoms with Gasteiger partial charge in [-0.1, -0.05) is 36.4 Å². The molecule has 1 heterocycles. The van der Waals surface area contributed by atoms with Gasteiger partial charge in [0.2, 0.25) is 0 Å². The minimum absolute atomic E-state index is 0.216. The van der Waals surface area contributed by atoms with Crippen molar-refractivity contribution in [3.63, 3.8) is 0 Å². The Balaban J connectivity index is 1.38. The molecular weight excluding hydrogens is 386 g/mol. The van der Waals surface area contributed by atoms with Crippen LogP contribution in [0.4, 0.5) is 10.5 Å². The maximum Gasteiger partial charge on any atom is 0.321 e. The first-order valence-electron chi connectivity index (χ1n) is 9.70. The van der Waals surface area contributed by atoms with E-state index >= 15 is 0 Å². The van der Waals surface area contributed by atoms with E-state index < -0.39 is 24.4 Å². The Kier molecular flexibility index (Phi) is 7.15. The number of amides is 4. The van der Waals surface area contributed by atoms with Gasteiger partial charge in [0, 0.05) is 24.3 Å². The third-order valence-corrected chi connectivity index (χ3v) is 4.78. The summed E-state index contributed by atoms with van der Waals surface area (Å²) in [6.45, 7) is 0.306. The van der Waals surface area contributed by atoms with Gasteiger partial charge >= 0.3 is 12.0 Å². The fourth-order valence-electron chi connectivity index (χ4n) is 3.12. The number of likely N-dealkylation sites (tertiary alicyclic amines) is 1. The maximum absolute atomic E-state index is 12.3. The van der Waals surface area contributed by atoms with Crippen molar-refractivity contribution < 1.29 is 23.9 Å². The van der Waals surface area contributed by atoms with Crippen LogP contribution in [0.2, 0.25) is 0 Å². The van der Waals surface area contributed by atoms with Crippen molar-refractivity contribution in [3.05, 3.63) is 66.2 Å². The molecule has 2 aromatic rings. The molecular formula is C22H23N3O5. The van der Waals surface area contributed by atoms with Crippen molar-refractivity contribution in [3.8, 4) is 0 Å². The smallest absolute Gasteiger partial charge is 0.321 e. The first-order valence-corrected chi connectivity index (χ1v) is 9.70. The molecule has 0 aromatic heterocycles. The lowest BCUT2D eigenvalue weighted by atomic mass is 9.97. The van der Waals surface area contributed by atoms with E-state index in [0.717, 1.165) is 0 Å². The van der Waals surface area contributed by atoms with Gasteiger partial charge in [0.15, 0.2) is 6.61 Å². The van der Waals surface area contributed by atoms with Crippen molar-refractivity contribution in [2.24, 2.45) is 5.92 Å². The van der Waals surface area contributed by atoms with E-state index in [1.165, 1.54) is 0 Å². The number of nitrogens with one attached hydrogen (secondary N) is 2. The lowest BCUT2D eigenvalue weighted by Gasteiger charge is -2.30. The lowest BCUT2D eigenvalue weighted by molar-refractivity contribution is -0.153.